The van der Waals surface area contributed by atoms with Crippen LogP contribution in [0.15, 0.2) is 0 Å². The van der Waals surface area contributed by atoms with Crippen LogP contribution in [0.3, 0.4) is 0 Å². The lowest BCUT2D eigenvalue weighted by Gasteiger charge is -2.38. The van der Waals surface area contributed by atoms with E-state index < -0.39 is 15.0 Å². The highest BCUT2D eigenvalue weighted by Crippen LogP contribution is 2.28. The summed E-state index contributed by atoms with van der Waals surface area (Å²) in [6.45, 7) is 11.5. The average Bonchev–Trinajstić information content (AvgIpc) is 3.46. The van der Waals surface area contributed by atoms with Gasteiger partial charge in [0.25, 0.3) is 0 Å². The second-order valence-electron chi connectivity index (χ2n) is 6.12. The van der Waals surface area contributed by atoms with Crippen LogP contribution in [0.25, 0.3) is 0 Å². The topological polar surface area (TPSA) is 77.1 Å². The van der Waals surface area contributed by atoms with Gasteiger partial charge < -0.3 is 32.5 Å². The number of hydrogen-bond acceptors (Lipinski definition) is 8. The Hall–Kier alpha value is -0.103. The van der Waals surface area contributed by atoms with Gasteiger partial charge in [0.2, 0.25) is 0 Å². The van der Waals surface area contributed by atoms with Gasteiger partial charge in [-0.2, -0.15) is 0 Å². The minimum absolute atomic E-state index is 0.302. The average molecular weight is 411 g/mol. The van der Waals surface area contributed by atoms with Gasteiger partial charge in [-0.3, -0.25) is 4.43 Å². The fourth-order valence-corrected chi connectivity index (χ4v) is 4.84. The zero-order valence-electron chi connectivity index (χ0n) is 17.6. The number of epoxide rings is 1. The summed E-state index contributed by atoms with van der Waals surface area (Å²) in [6.07, 6.45) is 1.31. The van der Waals surface area contributed by atoms with E-state index in [0.717, 1.165) is 25.9 Å². The molecule has 2 unspecified atom stereocenters. The minimum Gasteiger partial charge on any atom is -0.379 e. The number of ether oxygens (including phenoxy) is 5. The van der Waals surface area contributed by atoms with Crippen LogP contribution in [0.4, 0.5) is 0 Å². The van der Waals surface area contributed by atoms with E-state index in [1.165, 1.54) is 0 Å². The summed E-state index contributed by atoms with van der Waals surface area (Å²) in [5.41, 5.74) is 0. The maximum atomic E-state index is 6.18. The van der Waals surface area contributed by atoms with Gasteiger partial charge in [-0.1, -0.05) is 13.3 Å². The standard InChI is InChI=1S/C18H38O8Si/c1-6-14-27(19-5,25-13-11-10-12-20-15-17-16-21-17)26-18(22-7-2,23-8-3)24-9-4/h17H,6-16H2,1-5H3. The molecule has 1 aliphatic rings. The van der Waals surface area contributed by atoms with Gasteiger partial charge in [-0.05, 0) is 33.6 Å². The Balaban J connectivity index is 2.56. The third kappa shape index (κ3) is 9.77. The fourth-order valence-electron chi connectivity index (χ4n) is 2.51. The van der Waals surface area contributed by atoms with Crippen LogP contribution in [-0.2, 0) is 37.0 Å². The van der Waals surface area contributed by atoms with Crippen molar-refractivity contribution in [1.82, 2.24) is 0 Å². The van der Waals surface area contributed by atoms with E-state index in [4.69, 9.17) is 37.0 Å². The quantitative estimate of drug-likeness (QED) is 0.139. The SMILES string of the molecule is CCC[Si](OC)(OCCCCOCC1CO1)OC(OCC)(OCC)OCC. The van der Waals surface area contributed by atoms with Gasteiger partial charge in [-0.15, -0.1) is 0 Å². The van der Waals surface area contributed by atoms with Gasteiger partial charge in [0.05, 0.1) is 33.0 Å². The Morgan fingerprint density at radius 2 is 1.56 bits per heavy atom. The van der Waals surface area contributed by atoms with Crippen LogP contribution in [0, 0.1) is 0 Å². The molecule has 9 heteroatoms. The van der Waals surface area contributed by atoms with Crippen LogP contribution >= 0.6 is 0 Å². The lowest BCUT2D eigenvalue weighted by molar-refractivity contribution is -0.478. The van der Waals surface area contributed by atoms with Crippen LogP contribution in [0.2, 0.25) is 6.04 Å². The maximum absolute atomic E-state index is 6.18. The first kappa shape index (κ1) is 24.9. The molecule has 27 heavy (non-hydrogen) atoms. The first-order valence-electron chi connectivity index (χ1n) is 10.1. The molecule has 2 atom stereocenters. The van der Waals surface area contributed by atoms with E-state index in [9.17, 15) is 0 Å². The highest BCUT2D eigenvalue weighted by atomic mass is 28.4. The van der Waals surface area contributed by atoms with Crippen molar-refractivity contribution in [3.8, 4) is 0 Å². The molecule has 0 spiro atoms. The van der Waals surface area contributed by atoms with E-state index in [1.807, 2.05) is 20.8 Å². The van der Waals surface area contributed by atoms with Gasteiger partial charge in [0.15, 0.2) is 0 Å². The normalized spacial score (nSPS) is 19.2. The van der Waals surface area contributed by atoms with E-state index in [1.54, 1.807) is 7.11 Å². The molecule has 1 aliphatic heterocycles. The van der Waals surface area contributed by atoms with Crippen molar-refractivity contribution >= 4 is 8.80 Å². The fraction of sp³-hybridized carbons (Fsp3) is 1.00. The maximum Gasteiger partial charge on any atom is 0.506 e. The summed E-state index contributed by atoms with van der Waals surface area (Å²) in [7, 11) is -1.42. The molecule has 0 amide bonds. The van der Waals surface area contributed by atoms with Crippen molar-refractivity contribution < 1.29 is 37.0 Å². The Labute approximate surface area is 165 Å². The van der Waals surface area contributed by atoms with Gasteiger partial charge in [0, 0.05) is 26.4 Å². The molecule has 1 heterocycles. The summed E-state index contributed by atoms with van der Waals surface area (Å²) >= 11 is 0. The molecule has 162 valence electrons. The lowest BCUT2D eigenvalue weighted by atomic mass is 10.3. The molecular weight excluding hydrogens is 372 g/mol. The van der Waals surface area contributed by atoms with Gasteiger partial charge in [0.1, 0.15) is 6.10 Å². The first-order valence-corrected chi connectivity index (χ1v) is 12.0. The molecule has 1 rings (SSSR count). The van der Waals surface area contributed by atoms with Crippen molar-refractivity contribution in [2.24, 2.45) is 0 Å². The predicted octanol–water partition coefficient (Wildman–Crippen LogP) is 2.93. The predicted molar refractivity (Wildman–Crippen MR) is 102 cm³/mol. The molecular formula is C18H38O8Si. The van der Waals surface area contributed by atoms with E-state index in [0.29, 0.717) is 51.8 Å². The Bertz CT molecular complexity index is 352. The highest BCUT2D eigenvalue weighted by molar-refractivity contribution is 6.60. The molecule has 0 aromatic rings. The first-order chi connectivity index (χ1) is 13.1. The second-order valence-corrected chi connectivity index (χ2v) is 8.89. The summed E-state index contributed by atoms with van der Waals surface area (Å²) in [5, 5.41) is 0. The summed E-state index contributed by atoms with van der Waals surface area (Å²) < 4.78 is 45.8. The van der Waals surface area contributed by atoms with Crippen LogP contribution in [0.5, 0.6) is 0 Å². The van der Waals surface area contributed by atoms with E-state index in [2.05, 4.69) is 6.92 Å². The lowest BCUT2D eigenvalue weighted by Crippen LogP contribution is -2.56. The molecule has 0 bridgehead atoms. The summed E-state index contributed by atoms with van der Waals surface area (Å²) in [6, 6.07) is 0.647. The molecule has 0 aromatic carbocycles. The van der Waals surface area contributed by atoms with Crippen LogP contribution < -0.4 is 0 Å². The zero-order chi connectivity index (χ0) is 20.0. The Morgan fingerprint density at radius 1 is 0.963 bits per heavy atom. The van der Waals surface area contributed by atoms with E-state index in [-0.39, 0.29) is 0 Å². The molecule has 0 radical (unpaired) electrons. The largest absolute Gasteiger partial charge is 0.506 e. The molecule has 1 saturated heterocycles. The van der Waals surface area contributed by atoms with Crippen LogP contribution in [0.1, 0.15) is 47.0 Å². The molecule has 8 nitrogen and oxygen atoms in total. The molecule has 1 fully saturated rings. The highest BCUT2D eigenvalue weighted by Gasteiger charge is 2.50. The Kier molecular flexibility index (Phi) is 12.9. The number of rotatable bonds is 19. The second kappa shape index (κ2) is 14.0. The molecule has 0 aromatic heterocycles. The smallest absolute Gasteiger partial charge is 0.379 e. The third-order valence-electron chi connectivity index (χ3n) is 3.82. The minimum atomic E-state index is -3.03. The van der Waals surface area contributed by atoms with Crippen molar-refractivity contribution in [2.45, 2.75) is 65.3 Å². The van der Waals surface area contributed by atoms with Crippen molar-refractivity contribution in [3.63, 3.8) is 0 Å². The van der Waals surface area contributed by atoms with Crippen LogP contribution in [-0.4, -0.2) is 74.4 Å². The molecule has 0 N–H and O–H groups in total. The zero-order valence-corrected chi connectivity index (χ0v) is 18.6. The van der Waals surface area contributed by atoms with E-state index >= 15 is 0 Å². The number of unbranched alkanes of at least 4 members (excludes halogenated alkanes) is 1. The van der Waals surface area contributed by atoms with Gasteiger partial charge >= 0.3 is 15.0 Å². The third-order valence-corrected chi connectivity index (χ3v) is 6.76. The monoisotopic (exact) mass is 410 g/mol. The van der Waals surface area contributed by atoms with Gasteiger partial charge in [-0.25, -0.2) is 0 Å². The number of hydrogen-bond donors (Lipinski definition) is 0. The summed E-state index contributed by atoms with van der Waals surface area (Å²) in [4.78, 5) is 0. The molecule has 0 aliphatic carbocycles. The summed E-state index contributed by atoms with van der Waals surface area (Å²) in [5.74, 6) is 0. The van der Waals surface area contributed by atoms with Crippen molar-refractivity contribution in [3.05, 3.63) is 0 Å². The molecule has 0 saturated carbocycles. The van der Waals surface area contributed by atoms with Crippen molar-refractivity contribution in [2.75, 3.05) is 53.4 Å². The van der Waals surface area contributed by atoms with Crippen molar-refractivity contribution in [1.29, 1.82) is 0 Å². The Morgan fingerprint density at radius 3 is 2.04 bits per heavy atom.